The number of aromatic nitrogens is 2. The van der Waals surface area contributed by atoms with Gasteiger partial charge >= 0.3 is 0 Å². The summed E-state index contributed by atoms with van der Waals surface area (Å²) in [4.78, 5) is -0.388. The van der Waals surface area contributed by atoms with Gasteiger partial charge < -0.3 is 4.55 Å². The molecular weight excluding hydrogens is 288 g/mol. The van der Waals surface area contributed by atoms with Gasteiger partial charge in [0.1, 0.15) is 15.6 Å². The third kappa shape index (κ3) is 3.26. The summed E-state index contributed by atoms with van der Waals surface area (Å²) in [6.07, 6.45) is 0. The van der Waals surface area contributed by atoms with E-state index in [1.165, 1.54) is 6.07 Å². The fraction of sp³-hybridized carbons (Fsp3) is 0.455. The van der Waals surface area contributed by atoms with E-state index in [0.29, 0.717) is 17.2 Å². The first-order chi connectivity index (χ1) is 8.89. The maximum atomic E-state index is 11.1. The predicted octanol–water partition coefficient (Wildman–Crippen LogP) is 2.02. The van der Waals surface area contributed by atoms with E-state index >= 15 is 0 Å². The predicted molar refractivity (Wildman–Crippen MR) is 70.8 cm³/mol. The van der Waals surface area contributed by atoms with Gasteiger partial charge in [0.05, 0.1) is 4.90 Å². The number of rotatable bonds is 5. The summed E-state index contributed by atoms with van der Waals surface area (Å²) >= 11 is 1.71. The molecule has 0 aliphatic carbocycles. The smallest absolute Gasteiger partial charge is 0.153 e. The van der Waals surface area contributed by atoms with Crippen LogP contribution in [0.4, 0.5) is 0 Å². The number of fused-ring (bicyclic) bond motifs is 1. The molecule has 0 radical (unpaired) electrons. The Kier molecular flexibility index (Phi) is 4.12. The topological polar surface area (TPSA) is 96.1 Å². The zero-order valence-corrected chi connectivity index (χ0v) is 12.1. The minimum Gasteiger partial charge on any atom is -0.744 e. The molecule has 0 amide bonds. The molecule has 1 aromatic carbocycles. The van der Waals surface area contributed by atoms with Crippen molar-refractivity contribution in [1.82, 2.24) is 10.3 Å². The molecule has 1 aromatic heterocycles. The molecule has 0 unspecified atom stereocenters. The van der Waals surface area contributed by atoms with Crippen LogP contribution in [0.2, 0.25) is 0 Å². The normalized spacial score (nSPS) is 12.4. The highest BCUT2D eigenvalue weighted by molar-refractivity contribution is 7.98. The number of benzene rings is 1. The first kappa shape index (κ1) is 14.3. The van der Waals surface area contributed by atoms with Crippen LogP contribution in [0.1, 0.15) is 19.4 Å². The Morgan fingerprint density at radius 1 is 1.32 bits per heavy atom. The molecular formula is C11H13N2O4S2-. The first-order valence-corrected chi connectivity index (χ1v) is 8.23. The van der Waals surface area contributed by atoms with Gasteiger partial charge in [-0.3, -0.25) is 0 Å². The van der Waals surface area contributed by atoms with E-state index in [4.69, 9.17) is 0 Å². The molecule has 19 heavy (non-hydrogen) atoms. The molecule has 0 atom stereocenters. The molecule has 0 spiro atoms. The monoisotopic (exact) mass is 301 g/mol. The van der Waals surface area contributed by atoms with Gasteiger partial charge in [0.2, 0.25) is 0 Å². The fourth-order valence-corrected chi connectivity index (χ4v) is 3.27. The summed E-state index contributed by atoms with van der Waals surface area (Å²) in [6, 6.07) is 2.85. The van der Waals surface area contributed by atoms with Crippen molar-refractivity contribution < 1.29 is 17.6 Å². The molecule has 0 N–H and O–H groups in total. The van der Waals surface area contributed by atoms with Crippen molar-refractivity contribution in [2.75, 3.05) is 5.75 Å². The van der Waals surface area contributed by atoms with Crippen molar-refractivity contribution in [2.24, 2.45) is 5.92 Å². The highest BCUT2D eigenvalue weighted by atomic mass is 32.2. The van der Waals surface area contributed by atoms with E-state index in [1.54, 1.807) is 17.8 Å². The lowest BCUT2D eigenvalue weighted by Crippen LogP contribution is -2.01. The lowest BCUT2D eigenvalue weighted by molar-refractivity contribution is 0.314. The van der Waals surface area contributed by atoms with Gasteiger partial charge in [-0.1, -0.05) is 19.9 Å². The van der Waals surface area contributed by atoms with Crippen molar-refractivity contribution in [2.45, 2.75) is 24.5 Å². The van der Waals surface area contributed by atoms with Gasteiger partial charge in [-0.25, -0.2) is 13.0 Å². The Labute approximate surface area is 115 Å². The summed E-state index contributed by atoms with van der Waals surface area (Å²) in [5, 5.41) is 7.20. The molecule has 104 valence electrons. The molecule has 2 aromatic rings. The quantitative estimate of drug-likeness (QED) is 0.779. The Balaban J connectivity index is 2.36. The van der Waals surface area contributed by atoms with E-state index in [0.717, 1.165) is 11.3 Å². The van der Waals surface area contributed by atoms with Crippen molar-refractivity contribution in [3.63, 3.8) is 0 Å². The zero-order valence-electron chi connectivity index (χ0n) is 10.5. The SMILES string of the molecule is CC(C)CSCc1ccc(S(=O)(=O)[O-])c2nonc12. The summed E-state index contributed by atoms with van der Waals surface area (Å²) in [5.41, 5.74) is 1.17. The Morgan fingerprint density at radius 2 is 2.00 bits per heavy atom. The van der Waals surface area contributed by atoms with Crippen molar-refractivity contribution in [1.29, 1.82) is 0 Å². The van der Waals surface area contributed by atoms with Crippen molar-refractivity contribution >= 4 is 32.9 Å². The average molecular weight is 301 g/mol. The van der Waals surface area contributed by atoms with Gasteiger partial charge in [0.15, 0.2) is 5.52 Å². The number of nitrogens with zero attached hydrogens (tertiary/aromatic N) is 2. The molecule has 0 bridgehead atoms. The molecule has 0 saturated heterocycles. The van der Waals surface area contributed by atoms with Crippen LogP contribution in [0.25, 0.3) is 11.0 Å². The van der Waals surface area contributed by atoms with Gasteiger partial charge in [-0.05, 0) is 33.6 Å². The molecule has 8 heteroatoms. The largest absolute Gasteiger partial charge is 0.744 e. The zero-order chi connectivity index (χ0) is 14.0. The van der Waals surface area contributed by atoms with Gasteiger partial charge in [-0.15, -0.1) is 0 Å². The second-order valence-corrected chi connectivity index (χ2v) is 6.93. The second kappa shape index (κ2) is 5.48. The maximum absolute atomic E-state index is 11.1. The number of thioether (sulfide) groups is 1. The number of hydrogen-bond donors (Lipinski definition) is 0. The van der Waals surface area contributed by atoms with E-state index in [-0.39, 0.29) is 10.4 Å². The third-order valence-electron chi connectivity index (χ3n) is 2.44. The average Bonchev–Trinajstić information content (AvgIpc) is 2.75. The maximum Gasteiger partial charge on any atom is 0.153 e. The molecule has 0 saturated carbocycles. The second-order valence-electron chi connectivity index (χ2n) is 4.55. The van der Waals surface area contributed by atoms with Crippen LogP contribution in [0.5, 0.6) is 0 Å². The lowest BCUT2D eigenvalue weighted by Gasteiger charge is -2.09. The first-order valence-electron chi connectivity index (χ1n) is 5.67. The van der Waals surface area contributed by atoms with Crippen LogP contribution in [0, 0.1) is 5.92 Å². The highest BCUT2D eigenvalue weighted by Crippen LogP contribution is 2.26. The molecule has 6 nitrogen and oxygen atoms in total. The number of hydrogen-bond acceptors (Lipinski definition) is 7. The van der Waals surface area contributed by atoms with Crippen LogP contribution >= 0.6 is 11.8 Å². The van der Waals surface area contributed by atoms with Crippen LogP contribution in [-0.4, -0.2) is 29.0 Å². The van der Waals surface area contributed by atoms with Crippen LogP contribution in [0.3, 0.4) is 0 Å². The Morgan fingerprint density at radius 3 is 2.63 bits per heavy atom. The van der Waals surface area contributed by atoms with Crippen LogP contribution in [0.15, 0.2) is 21.7 Å². The van der Waals surface area contributed by atoms with Crippen molar-refractivity contribution in [3.05, 3.63) is 17.7 Å². The molecule has 1 heterocycles. The standard InChI is InChI=1S/C11H14N2O4S2/c1-7(2)5-18-6-8-3-4-9(19(14,15)16)11-10(8)12-17-13-11/h3-4,7H,5-6H2,1-2H3,(H,14,15,16)/p-1. The summed E-state index contributed by atoms with van der Waals surface area (Å²) < 4.78 is 37.8. The summed E-state index contributed by atoms with van der Waals surface area (Å²) in [5.74, 6) is 2.22. The Bertz CT molecular complexity index is 679. The minimum atomic E-state index is -4.57. The lowest BCUT2D eigenvalue weighted by atomic mass is 10.2. The van der Waals surface area contributed by atoms with Gasteiger partial charge in [-0.2, -0.15) is 11.8 Å². The molecule has 2 rings (SSSR count). The third-order valence-corrected chi connectivity index (χ3v) is 4.73. The summed E-state index contributed by atoms with van der Waals surface area (Å²) in [6.45, 7) is 4.24. The van der Waals surface area contributed by atoms with E-state index in [9.17, 15) is 13.0 Å². The van der Waals surface area contributed by atoms with E-state index in [2.05, 4.69) is 28.8 Å². The van der Waals surface area contributed by atoms with E-state index < -0.39 is 10.1 Å². The van der Waals surface area contributed by atoms with Crippen LogP contribution in [-0.2, 0) is 15.9 Å². The minimum absolute atomic E-state index is 0.0117. The highest BCUT2D eigenvalue weighted by Gasteiger charge is 2.15. The van der Waals surface area contributed by atoms with E-state index in [1.807, 2.05) is 0 Å². The molecule has 0 aliphatic rings. The molecule has 0 aliphatic heterocycles. The van der Waals surface area contributed by atoms with Crippen LogP contribution < -0.4 is 0 Å². The Hall–Kier alpha value is -1.12. The fourth-order valence-electron chi connectivity index (χ4n) is 1.62. The van der Waals surface area contributed by atoms with Gasteiger partial charge in [0, 0.05) is 5.75 Å². The molecule has 0 fully saturated rings. The van der Waals surface area contributed by atoms with Gasteiger partial charge in [0.25, 0.3) is 0 Å². The van der Waals surface area contributed by atoms with Crippen molar-refractivity contribution in [3.8, 4) is 0 Å². The summed E-state index contributed by atoms with van der Waals surface area (Å²) in [7, 11) is -4.57.